The molecule has 3 heteroatoms. The fraction of sp³-hybridized carbons (Fsp3) is 0.643. The maximum Gasteiger partial charge on any atom is 0.0689 e. The second-order valence-corrected chi connectivity index (χ2v) is 6.18. The first-order valence-corrected chi connectivity index (χ1v) is 7.19. The molecule has 1 aliphatic carbocycles. The molecule has 2 rings (SSSR count). The lowest BCUT2D eigenvalue weighted by Crippen LogP contribution is -2.42. The van der Waals surface area contributed by atoms with E-state index >= 15 is 0 Å². The van der Waals surface area contributed by atoms with Gasteiger partial charge in [-0.1, -0.05) is 28.9 Å². The molecule has 1 aromatic heterocycles. The van der Waals surface area contributed by atoms with Crippen LogP contribution in [0, 0.1) is 0 Å². The number of ether oxygens (including phenoxy) is 1. The van der Waals surface area contributed by atoms with Gasteiger partial charge in [0, 0.05) is 29.7 Å². The van der Waals surface area contributed by atoms with Crippen LogP contribution in [0.3, 0.4) is 0 Å². The number of hydrogen-bond acceptors (Lipinski definition) is 2. The zero-order chi connectivity index (χ0) is 12.3. The average molecular weight is 298 g/mol. The van der Waals surface area contributed by atoms with Crippen molar-refractivity contribution in [1.82, 2.24) is 4.98 Å². The van der Waals surface area contributed by atoms with Crippen molar-refractivity contribution in [2.24, 2.45) is 0 Å². The highest BCUT2D eigenvalue weighted by atomic mass is 79.9. The van der Waals surface area contributed by atoms with Gasteiger partial charge in [0.15, 0.2) is 0 Å². The molecule has 0 N–H and O–H groups in total. The Kier molecular flexibility index (Phi) is 4.21. The third-order valence-electron chi connectivity index (χ3n) is 3.96. The van der Waals surface area contributed by atoms with Gasteiger partial charge in [-0.2, -0.15) is 0 Å². The molecule has 2 nitrogen and oxygen atoms in total. The summed E-state index contributed by atoms with van der Waals surface area (Å²) in [6, 6.07) is 6.11. The number of hydrogen-bond donors (Lipinski definition) is 0. The number of methoxy groups -OCH3 is 1. The summed E-state index contributed by atoms with van der Waals surface area (Å²) in [4.78, 5) is 4.86. The van der Waals surface area contributed by atoms with Crippen LogP contribution in [0.2, 0.25) is 0 Å². The van der Waals surface area contributed by atoms with Crippen LogP contribution in [-0.2, 0) is 4.74 Å². The molecule has 0 bridgehead atoms. The van der Waals surface area contributed by atoms with Crippen molar-refractivity contribution >= 4 is 15.9 Å². The molecule has 0 radical (unpaired) electrons. The summed E-state index contributed by atoms with van der Waals surface area (Å²) in [5.41, 5.74) is 1.27. The number of pyridine rings is 1. The summed E-state index contributed by atoms with van der Waals surface area (Å²) in [5.74, 6) is 0.420. The van der Waals surface area contributed by atoms with Crippen molar-refractivity contribution in [3.63, 3.8) is 0 Å². The summed E-state index contributed by atoms with van der Waals surface area (Å²) < 4.78 is 5.68. The molecule has 0 aromatic carbocycles. The number of halogens is 1. The van der Waals surface area contributed by atoms with Gasteiger partial charge in [0.2, 0.25) is 0 Å². The van der Waals surface area contributed by atoms with Gasteiger partial charge in [-0.3, -0.25) is 4.98 Å². The van der Waals surface area contributed by atoms with Crippen LogP contribution in [0.25, 0.3) is 0 Å². The summed E-state index contributed by atoms with van der Waals surface area (Å²) in [6.45, 7) is 2.23. The van der Waals surface area contributed by atoms with Gasteiger partial charge in [0.25, 0.3) is 0 Å². The van der Waals surface area contributed by atoms with Crippen LogP contribution in [0.4, 0.5) is 0 Å². The van der Waals surface area contributed by atoms with Gasteiger partial charge in [0.1, 0.15) is 0 Å². The fourth-order valence-electron chi connectivity index (χ4n) is 2.43. The van der Waals surface area contributed by atoms with Crippen molar-refractivity contribution < 1.29 is 4.74 Å². The fourth-order valence-corrected chi connectivity index (χ4v) is 3.29. The average Bonchev–Trinajstić information content (AvgIpc) is 2.33. The number of alkyl halides is 1. The number of aromatic nitrogens is 1. The van der Waals surface area contributed by atoms with Gasteiger partial charge in [-0.05, 0) is 37.8 Å². The van der Waals surface area contributed by atoms with E-state index < -0.39 is 0 Å². The Bertz CT molecular complexity index is 345. The smallest absolute Gasteiger partial charge is 0.0689 e. The Morgan fingerprint density at radius 2 is 2.24 bits per heavy atom. The maximum absolute atomic E-state index is 5.68. The number of rotatable bonds is 5. The Hall–Kier alpha value is -0.410. The first kappa shape index (κ1) is 13.0. The highest BCUT2D eigenvalue weighted by molar-refractivity contribution is 9.09. The molecule has 0 aliphatic heterocycles. The molecule has 1 aromatic rings. The summed E-state index contributed by atoms with van der Waals surface area (Å²) in [5, 5.41) is 0. The molecule has 1 fully saturated rings. The van der Waals surface area contributed by atoms with E-state index in [9.17, 15) is 0 Å². The second kappa shape index (κ2) is 5.49. The zero-order valence-corrected chi connectivity index (χ0v) is 12.1. The van der Waals surface area contributed by atoms with E-state index in [2.05, 4.69) is 33.9 Å². The van der Waals surface area contributed by atoms with Crippen molar-refractivity contribution in [3.8, 4) is 0 Å². The summed E-state index contributed by atoms with van der Waals surface area (Å²) in [7, 11) is 1.84. The first-order chi connectivity index (χ1) is 8.17. The van der Waals surface area contributed by atoms with Crippen molar-refractivity contribution in [2.75, 3.05) is 7.11 Å². The Balaban J connectivity index is 1.98. The van der Waals surface area contributed by atoms with Gasteiger partial charge in [0.05, 0.1) is 5.60 Å². The predicted octanol–water partition coefficient (Wildman–Crippen LogP) is 3.91. The molecule has 2 atom stereocenters. The van der Waals surface area contributed by atoms with Gasteiger partial charge >= 0.3 is 0 Å². The highest BCUT2D eigenvalue weighted by Crippen LogP contribution is 2.42. The third-order valence-corrected chi connectivity index (χ3v) is 5.08. The molecule has 94 valence electrons. The van der Waals surface area contributed by atoms with Gasteiger partial charge in [-0.25, -0.2) is 0 Å². The SMILES string of the molecule is COC1(CC(Br)C(C)c2ccccn2)CCC1. The molecule has 0 amide bonds. The highest BCUT2D eigenvalue weighted by Gasteiger charge is 2.39. The van der Waals surface area contributed by atoms with Gasteiger partial charge in [-0.15, -0.1) is 0 Å². The topological polar surface area (TPSA) is 22.1 Å². The maximum atomic E-state index is 5.68. The van der Waals surface area contributed by atoms with Crippen LogP contribution in [0.5, 0.6) is 0 Å². The molecule has 1 saturated carbocycles. The standard InChI is InChI=1S/C14H20BrNO/c1-11(13-6-3-4-9-16-13)12(15)10-14(17-2)7-5-8-14/h3-4,6,9,11-12H,5,7-8,10H2,1-2H3. The number of nitrogens with zero attached hydrogens (tertiary/aromatic N) is 1. The first-order valence-electron chi connectivity index (χ1n) is 6.27. The van der Waals surface area contributed by atoms with Crippen LogP contribution in [0.1, 0.15) is 44.2 Å². The quantitative estimate of drug-likeness (QED) is 0.769. The predicted molar refractivity (Wildman–Crippen MR) is 73.6 cm³/mol. The molecule has 0 spiro atoms. The van der Waals surface area contributed by atoms with E-state index in [1.807, 2.05) is 25.4 Å². The van der Waals surface area contributed by atoms with Crippen LogP contribution in [0.15, 0.2) is 24.4 Å². The van der Waals surface area contributed by atoms with Crippen molar-refractivity contribution in [2.45, 2.75) is 49.0 Å². The minimum Gasteiger partial charge on any atom is -0.378 e. The second-order valence-electron chi connectivity index (χ2n) is 5.00. The molecule has 1 heterocycles. The van der Waals surface area contributed by atoms with Crippen molar-refractivity contribution in [3.05, 3.63) is 30.1 Å². The minimum atomic E-state index is 0.122. The summed E-state index contributed by atoms with van der Waals surface area (Å²) >= 11 is 3.81. The van der Waals surface area contributed by atoms with E-state index in [0.29, 0.717) is 10.7 Å². The normalized spacial score (nSPS) is 21.6. The van der Waals surface area contributed by atoms with E-state index in [4.69, 9.17) is 4.74 Å². The van der Waals surface area contributed by atoms with Crippen molar-refractivity contribution in [1.29, 1.82) is 0 Å². The van der Waals surface area contributed by atoms with E-state index in [-0.39, 0.29) is 5.60 Å². The van der Waals surface area contributed by atoms with Gasteiger partial charge < -0.3 is 4.74 Å². The summed E-state index contributed by atoms with van der Waals surface area (Å²) in [6.07, 6.45) is 6.62. The Morgan fingerprint density at radius 3 is 2.71 bits per heavy atom. The molecular formula is C14H20BrNO. The largest absolute Gasteiger partial charge is 0.378 e. The monoisotopic (exact) mass is 297 g/mol. The Labute approximate surface area is 112 Å². The van der Waals surface area contributed by atoms with Crippen LogP contribution < -0.4 is 0 Å². The van der Waals surface area contributed by atoms with Crippen LogP contribution in [-0.4, -0.2) is 22.5 Å². The lowest BCUT2D eigenvalue weighted by Gasteiger charge is -2.42. The molecule has 17 heavy (non-hydrogen) atoms. The molecule has 2 unspecified atom stereocenters. The minimum absolute atomic E-state index is 0.122. The lowest BCUT2D eigenvalue weighted by atomic mass is 9.75. The van der Waals surface area contributed by atoms with E-state index in [0.717, 1.165) is 12.1 Å². The molecule has 1 aliphatic rings. The van der Waals surface area contributed by atoms with E-state index in [1.165, 1.54) is 19.3 Å². The third kappa shape index (κ3) is 2.89. The lowest BCUT2D eigenvalue weighted by molar-refractivity contribution is -0.0779. The molecular weight excluding hydrogens is 278 g/mol. The van der Waals surface area contributed by atoms with E-state index in [1.54, 1.807) is 0 Å². The Morgan fingerprint density at radius 1 is 1.47 bits per heavy atom. The molecule has 0 saturated heterocycles. The zero-order valence-electron chi connectivity index (χ0n) is 10.5. The van der Waals surface area contributed by atoms with Crippen LogP contribution >= 0.6 is 15.9 Å².